The molecule has 35 heavy (non-hydrogen) atoms. The summed E-state index contributed by atoms with van der Waals surface area (Å²) in [5, 5.41) is 2.58. The highest BCUT2D eigenvalue weighted by Crippen LogP contribution is 2.62. The van der Waals surface area contributed by atoms with E-state index in [9.17, 15) is 0 Å². The number of rotatable bonds is 0. The molecule has 6 aromatic rings. The molecule has 8 rings (SSSR count). The van der Waals surface area contributed by atoms with Crippen LogP contribution in [0.5, 0.6) is 0 Å². The van der Waals surface area contributed by atoms with Crippen molar-refractivity contribution in [1.82, 2.24) is 4.98 Å². The third-order valence-corrected chi connectivity index (χ3v) is 8.68. The van der Waals surface area contributed by atoms with Gasteiger partial charge in [0.2, 0.25) is 0 Å². The summed E-state index contributed by atoms with van der Waals surface area (Å²) in [4.78, 5) is 3.68. The maximum Gasteiger partial charge on any atom is 0.0719 e. The number of H-pyrrole nitrogens is 1. The Labute approximate surface area is 205 Å². The van der Waals surface area contributed by atoms with Gasteiger partial charge < -0.3 is 4.98 Å². The Morgan fingerprint density at radius 2 is 1.03 bits per heavy atom. The van der Waals surface area contributed by atoms with E-state index in [1.807, 2.05) is 0 Å². The quantitative estimate of drug-likeness (QED) is 0.240. The average Bonchev–Trinajstić information content (AvgIpc) is 3.40. The van der Waals surface area contributed by atoms with Gasteiger partial charge in [0.25, 0.3) is 0 Å². The Bertz CT molecular complexity index is 1780. The first kappa shape index (κ1) is 19.2. The highest BCUT2D eigenvalue weighted by atomic mass is 14.7. The lowest BCUT2D eigenvalue weighted by atomic mass is 9.55. The monoisotopic (exact) mass is 447 g/mol. The van der Waals surface area contributed by atoms with Crippen molar-refractivity contribution in [3.05, 3.63) is 143 Å². The molecule has 1 heterocycles. The van der Waals surface area contributed by atoms with Crippen LogP contribution < -0.4 is 0 Å². The minimum absolute atomic E-state index is 0.0684. The normalized spacial score (nSPS) is 16.2. The fraction of sp³-hybridized carbons (Fsp3) is 0.118. The smallest absolute Gasteiger partial charge is 0.0719 e. The zero-order valence-electron chi connectivity index (χ0n) is 19.9. The van der Waals surface area contributed by atoms with Crippen molar-refractivity contribution in [2.24, 2.45) is 0 Å². The first-order valence-corrected chi connectivity index (χ1v) is 12.5. The standard InChI is InChI=1S/C34H25N/c1-33(2)26-14-6-8-16-28(26)34(29-17-9-7-15-27(29)33)25-13-5-3-11-21(25)23-20-32-24(19-30(23)34)22-12-4-10-18-31(22)35-32/h3-20,35H,1-2H3. The van der Waals surface area contributed by atoms with Gasteiger partial charge in [0.1, 0.15) is 0 Å². The summed E-state index contributed by atoms with van der Waals surface area (Å²) in [5.74, 6) is 0. The molecule has 166 valence electrons. The van der Waals surface area contributed by atoms with E-state index >= 15 is 0 Å². The summed E-state index contributed by atoms with van der Waals surface area (Å²) in [7, 11) is 0. The van der Waals surface area contributed by atoms with Gasteiger partial charge in [0.15, 0.2) is 0 Å². The molecular weight excluding hydrogens is 422 g/mol. The number of aromatic nitrogens is 1. The summed E-state index contributed by atoms with van der Waals surface area (Å²) in [5.41, 5.74) is 13.1. The predicted octanol–water partition coefficient (Wildman–Crippen LogP) is 8.32. The van der Waals surface area contributed by atoms with Gasteiger partial charge in [0, 0.05) is 27.2 Å². The Kier molecular flexibility index (Phi) is 3.47. The molecule has 1 nitrogen and oxygen atoms in total. The molecule has 2 aliphatic carbocycles. The van der Waals surface area contributed by atoms with Crippen molar-refractivity contribution in [1.29, 1.82) is 0 Å². The van der Waals surface area contributed by atoms with E-state index < -0.39 is 0 Å². The zero-order valence-corrected chi connectivity index (χ0v) is 19.9. The zero-order chi connectivity index (χ0) is 23.4. The molecule has 2 aliphatic rings. The second kappa shape index (κ2) is 6.31. The van der Waals surface area contributed by atoms with E-state index in [0.717, 1.165) is 0 Å². The fourth-order valence-corrected chi connectivity index (χ4v) is 7.20. The van der Waals surface area contributed by atoms with E-state index in [1.165, 1.54) is 66.3 Å². The number of aromatic amines is 1. The van der Waals surface area contributed by atoms with Crippen molar-refractivity contribution in [3.8, 4) is 11.1 Å². The summed E-state index contributed by atoms with van der Waals surface area (Å²) in [6.45, 7) is 4.75. The predicted molar refractivity (Wildman–Crippen MR) is 145 cm³/mol. The first-order valence-electron chi connectivity index (χ1n) is 12.5. The molecule has 0 fully saturated rings. The van der Waals surface area contributed by atoms with Crippen molar-refractivity contribution in [2.75, 3.05) is 0 Å². The molecule has 0 saturated carbocycles. The second-order valence-electron chi connectivity index (χ2n) is 10.6. The summed E-state index contributed by atoms with van der Waals surface area (Å²) in [6, 6.07) is 40.9. The SMILES string of the molecule is CC1(C)c2ccccc2C2(c3ccccc3-c3cc4[nH]c5ccccc5c4cc32)c2ccccc21. The summed E-state index contributed by atoms with van der Waals surface area (Å²) < 4.78 is 0. The molecule has 1 aromatic heterocycles. The van der Waals surface area contributed by atoms with Gasteiger partial charge in [-0.05, 0) is 62.7 Å². The third-order valence-electron chi connectivity index (χ3n) is 8.68. The van der Waals surface area contributed by atoms with E-state index in [0.29, 0.717) is 0 Å². The van der Waals surface area contributed by atoms with Crippen LogP contribution in [0.15, 0.2) is 109 Å². The van der Waals surface area contributed by atoms with Crippen LogP contribution in [-0.2, 0) is 10.8 Å². The van der Waals surface area contributed by atoms with E-state index in [2.05, 4.69) is 128 Å². The molecule has 0 saturated heterocycles. The van der Waals surface area contributed by atoms with Crippen LogP contribution >= 0.6 is 0 Å². The lowest BCUT2D eigenvalue weighted by Gasteiger charge is -2.46. The van der Waals surface area contributed by atoms with E-state index in [1.54, 1.807) is 0 Å². The fourth-order valence-electron chi connectivity index (χ4n) is 7.20. The van der Waals surface area contributed by atoms with Crippen molar-refractivity contribution in [2.45, 2.75) is 24.7 Å². The average molecular weight is 448 g/mol. The summed E-state index contributed by atoms with van der Waals surface area (Å²) >= 11 is 0. The number of hydrogen-bond acceptors (Lipinski definition) is 0. The van der Waals surface area contributed by atoms with Gasteiger partial charge in [-0.2, -0.15) is 0 Å². The minimum atomic E-state index is -0.332. The van der Waals surface area contributed by atoms with Crippen molar-refractivity contribution < 1.29 is 0 Å². The minimum Gasteiger partial charge on any atom is -0.354 e. The molecule has 0 amide bonds. The molecule has 0 atom stereocenters. The highest BCUT2D eigenvalue weighted by Gasteiger charge is 2.53. The van der Waals surface area contributed by atoms with Crippen LogP contribution in [-0.4, -0.2) is 4.98 Å². The molecule has 5 aromatic carbocycles. The number of nitrogens with one attached hydrogen (secondary N) is 1. The Hall–Kier alpha value is -4.10. The van der Waals surface area contributed by atoms with Crippen molar-refractivity contribution >= 4 is 21.8 Å². The summed E-state index contributed by atoms with van der Waals surface area (Å²) in [6.07, 6.45) is 0. The highest BCUT2D eigenvalue weighted by molar-refractivity contribution is 6.10. The molecule has 0 bridgehead atoms. The topological polar surface area (TPSA) is 15.8 Å². The molecular formula is C34H25N. The molecule has 0 radical (unpaired) electrons. The maximum absolute atomic E-state index is 3.68. The second-order valence-corrected chi connectivity index (χ2v) is 10.6. The first-order chi connectivity index (χ1) is 17.1. The Balaban J connectivity index is 1.62. The van der Waals surface area contributed by atoms with E-state index in [-0.39, 0.29) is 10.8 Å². The Morgan fingerprint density at radius 1 is 0.457 bits per heavy atom. The number of benzene rings is 5. The lowest BCUT2D eigenvalue weighted by Crippen LogP contribution is -2.40. The van der Waals surface area contributed by atoms with Gasteiger partial charge >= 0.3 is 0 Å². The third kappa shape index (κ3) is 2.16. The molecule has 0 unspecified atom stereocenters. The molecule has 1 N–H and O–H groups in total. The van der Waals surface area contributed by atoms with Gasteiger partial charge in [-0.25, -0.2) is 0 Å². The van der Waals surface area contributed by atoms with Gasteiger partial charge in [-0.1, -0.05) is 105 Å². The molecule has 0 aliphatic heterocycles. The maximum atomic E-state index is 3.68. The van der Waals surface area contributed by atoms with Crippen molar-refractivity contribution in [3.63, 3.8) is 0 Å². The number of fused-ring (bicyclic) bond motifs is 12. The van der Waals surface area contributed by atoms with Crippen LogP contribution in [0, 0.1) is 0 Å². The van der Waals surface area contributed by atoms with Gasteiger partial charge in [-0.3, -0.25) is 0 Å². The van der Waals surface area contributed by atoms with Crippen LogP contribution in [0.3, 0.4) is 0 Å². The van der Waals surface area contributed by atoms with Crippen LogP contribution in [0.25, 0.3) is 32.9 Å². The molecule has 1 heteroatoms. The Morgan fingerprint density at radius 3 is 1.74 bits per heavy atom. The van der Waals surface area contributed by atoms with Crippen LogP contribution in [0.1, 0.15) is 47.2 Å². The van der Waals surface area contributed by atoms with Gasteiger partial charge in [0.05, 0.1) is 5.41 Å². The van der Waals surface area contributed by atoms with Gasteiger partial charge in [-0.15, -0.1) is 0 Å². The molecule has 1 spiro atoms. The number of para-hydroxylation sites is 1. The lowest BCUT2D eigenvalue weighted by molar-refractivity contribution is 0.563. The van der Waals surface area contributed by atoms with Crippen LogP contribution in [0.4, 0.5) is 0 Å². The van der Waals surface area contributed by atoms with E-state index in [4.69, 9.17) is 0 Å². The largest absolute Gasteiger partial charge is 0.354 e. The number of hydrogen-bond donors (Lipinski definition) is 1. The van der Waals surface area contributed by atoms with Crippen LogP contribution in [0.2, 0.25) is 0 Å².